The van der Waals surface area contributed by atoms with Gasteiger partial charge in [-0.2, -0.15) is 0 Å². The van der Waals surface area contributed by atoms with Gasteiger partial charge in [-0.25, -0.2) is 0 Å². The van der Waals surface area contributed by atoms with Crippen LogP contribution in [0.5, 0.6) is 0 Å². The van der Waals surface area contributed by atoms with E-state index in [-0.39, 0.29) is 10.6 Å². The van der Waals surface area contributed by atoms with Crippen LogP contribution in [0.25, 0.3) is 10.9 Å². The molecule has 1 aromatic carbocycles. The fourth-order valence-electron chi connectivity index (χ4n) is 1.83. The molecule has 5 heteroatoms. The lowest BCUT2D eigenvalue weighted by molar-refractivity contribution is -0.382. The van der Waals surface area contributed by atoms with Crippen LogP contribution in [-0.4, -0.2) is 24.0 Å². The molecule has 0 unspecified atom stereocenters. The number of aromatic nitrogens is 1. The molecule has 0 radical (unpaired) electrons. The average Bonchev–Trinajstić information content (AvgIpc) is 2.26. The summed E-state index contributed by atoms with van der Waals surface area (Å²) >= 11 is 0. The summed E-state index contributed by atoms with van der Waals surface area (Å²) in [7, 11) is 3.57. The van der Waals surface area contributed by atoms with Gasteiger partial charge in [0.1, 0.15) is 5.69 Å². The first-order valence-corrected chi connectivity index (χ1v) is 5.23. The van der Waals surface area contributed by atoms with E-state index in [0.717, 1.165) is 5.69 Å². The Bertz CT molecular complexity index is 594. The molecule has 1 aromatic heterocycles. The maximum Gasteiger partial charge on any atom is 0.301 e. The maximum atomic E-state index is 11.2. The van der Waals surface area contributed by atoms with Crippen LogP contribution in [-0.2, 0) is 0 Å². The van der Waals surface area contributed by atoms with Gasteiger partial charge in [0.2, 0.25) is 0 Å². The standard InChI is InChI=1S/C12H13N3O2/c1-8-4-5-9-10(13-8)6-7-11(14(2)3)12(9)15(16)17/h4-7H,1-3H3. The van der Waals surface area contributed by atoms with E-state index in [1.165, 1.54) is 0 Å². The molecule has 0 saturated carbocycles. The third-order valence-corrected chi connectivity index (χ3v) is 2.63. The van der Waals surface area contributed by atoms with Crippen molar-refractivity contribution in [2.45, 2.75) is 6.92 Å². The Morgan fingerprint density at radius 3 is 2.53 bits per heavy atom. The minimum atomic E-state index is -0.352. The number of pyridine rings is 1. The largest absolute Gasteiger partial charge is 0.372 e. The van der Waals surface area contributed by atoms with Crippen LogP contribution in [0.4, 0.5) is 11.4 Å². The lowest BCUT2D eigenvalue weighted by Gasteiger charge is -2.13. The first kappa shape index (κ1) is 11.3. The summed E-state index contributed by atoms with van der Waals surface area (Å²) in [5, 5.41) is 11.8. The number of aryl methyl sites for hydroxylation is 1. The second-order valence-corrected chi connectivity index (χ2v) is 4.10. The van der Waals surface area contributed by atoms with Gasteiger partial charge in [-0.15, -0.1) is 0 Å². The Labute approximate surface area is 98.8 Å². The van der Waals surface area contributed by atoms with Crippen molar-refractivity contribution in [2.24, 2.45) is 0 Å². The fraction of sp³-hybridized carbons (Fsp3) is 0.250. The van der Waals surface area contributed by atoms with E-state index in [1.807, 2.05) is 13.0 Å². The van der Waals surface area contributed by atoms with Gasteiger partial charge >= 0.3 is 5.69 Å². The molecule has 5 nitrogen and oxygen atoms in total. The molecule has 0 aliphatic rings. The van der Waals surface area contributed by atoms with Gasteiger partial charge < -0.3 is 4.90 Å². The third kappa shape index (κ3) is 1.91. The number of hydrogen-bond donors (Lipinski definition) is 0. The number of nitro benzene ring substituents is 1. The Hall–Kier alpha value is -2.17. The van der Waals surface area contributed by atoms with Crippen molar-refractivity contribution in [3.8, 4) is 0 Å². The van der Waals surface area contributed by atoms with Crippen LogP contribution >= 0.6 is 0 Å². The summed E-state index contributed by atoms with van der Waals surface area (Å²) in [6.07, 6.45) is 0. The summed E-state index contributed by atoms with van der Waals surface area (Å²) in [6.45, 7) is 1.87. The molecule has 2 aromatic rings. The third-order valence-electron chi connectivity index (χ3n) is 2.63. The van der Waals surface area contributed by atoms with Crippen molar-refractivity contribution < 1.29 is 4.92 Å². The molecule has 1 heterocycles. The second-order valence-electron chi connectivity index (χ2n) is 4.10. The molecule has 0 amide bonds. The number of anilines is 1. The lowest BCUT2D eigenvalue weighted by Crippen LogP contribution is -2.11. The summed E-state index contributed by atoms with van der Waals surface area (Å²) in [5.74, 6) is 0. The Morgan fingerprint density at radius 2 is 1.94 bits per heavy atom. The minimum Gasteiger partial charge on any atom is -0.372 e. The number of nitro groups is 1. The fourth-order valence-corrected chi connectivity index (χ4v) is 1.83. The van der Waals surface area contributed by atoms with Crippen molar-refractivity contribution in [3.05, 3.63) is 40.1 Å². The highest BCUT2D eigenvalue weighted by atomic mass is 16.6. The van der Waals surface area contributed by atoms with Crippen LogP contribution in [0.1, 0.15) is 5.69 Å². The van der Waals surface area contributed by atoms with E-state index in [0.29, 0.717) is 16.6 Å². The molecule has 0 atom stereocenters. The molecule has 0 bridgehead atoms. The van der Waals surface area contributed by atoms with E-state index in [2.05, 4.69) is 4.98 Å². The Balaban J connectivity index is 2.84. The normalized spacial score (nSPS) is 10.5. The monoisotopic (exact) mass is 231 g/mol. The number of benzene rings is 1. The first-order chi connectivity index (χ1) is 8.00. The highest BCUT2D eigenvalue weighted by Crippen LogP contribution is 2.34. The Kier molecular flexibility index (Phi) is 2.67. The summed E-state index contributed by atoms with van der Waals surface area (Å²) in [4.78, 5) is 16.9. The van der Waals surface area contributed by atoms with Gasteiger partial charge in [-0.3, -0.25) is 15.1 Å². The van der Waals surface area contributed by atoms with Crippen LogP contribution in [0.2, 0.25) is 0 Å². The predicted octanol–water partition coefficient (Wildman–Crippen LogP) is 2.52. The van der Waals surface area contributed by atoms with Gasteiger partial charge in [-0.1, -0.05) is 0 Å². The van der Waals surface area contributed by atoms with E-state index in [9.17, 15) is 10.1 Å². The van der Waals surface area contributed by atoms with Crippen molar-refractivity contribution in [3.63, 3.8) is 0 Å². The maximum absolute atomic E-state index is 11.2. The second kappa shape index (κ2) is 4.01. The van der Waals surface area contributed by atoms with Crippen molar-refractivity contribution in [2.75, 3.05) is 19.0 Å². The number of fused-ring (bicyclic) bond motifs is 1. The molecule has 0 aliphatic heterocycles. The molecule has 0 N–H and O–H groups in total. The van der Waals surface area contributed by atoms with Gasteiger partial charge in [0.15, 0.2) is 0 Å². The topological polar surface area (TPSA) is 59.3 Å². The first-order valence-electron chi connectivity index (χ1n) is 5.23. The van der Waals surface area contributed by atoms with Crippen LogP contribution < -0.4 is 4.90 Å². The number of rotatable bonds is 2. The summed E-state index contributed by atoms with van der Waals surface area (Å²) < 4.78 is 0. The number of nitrogens with zero attached hydrogens (tertiary/aromatic N) is 3. The van der Waals surface area contributed by atoms with Crippen LogP contribution in [0, 0.1) is 17.0 Å². The zero-order valence-electron chi connectivity index (χ0n) is 9.97. The zero-order chi connectivity index (χ0) is 12.6. The molecule has 17 heavy (non-hydrogen) atoms. The SMILES string of the molecule is Cc1ccc2c([N+](=O)[O-])c(N(C)C)ccc2n1. The minimum absolute atomic E-state index is 0.111. The van der Waals surface area contributed by atoms with Crippen LogP contribution in [0.15, 0.2) is 24.3 Å². The van der Waals surface area contributed by atoms with E-state index >= 15 is 0 Å². The summed E-state index contributed by atoms with van der Waals surface area (Å²) in [6, 6.07) is 7.08. The average molecular weight is 231 g/mol. The molecule has 0 aliphatic carbocycles. The molecule has 2 rings (SSSR count). The van der Waals surface area contributed by atoms with Crippen molar-refractivity contribution in [1.82, 2.24) is 4.98 Å². The smallest absolute Gasteiger partial charge is 0.301 e. The number of hydrogen-bond acceptors (Lipinski definition) is 4. The molecular formula is C12H13N3O2. The zero-order valence-corrected chi connectivity index (χ0v) is 9.97. The van der Waals surface area contributed by atoms with Crippen LogP contribution in [0.3, 0.4) is 0 Å². The summed E-state index contributed by atoms with van der Waals surface area (Å²) in [5.41, 5.74) is 2.21. The quantitative estimate of drug-likeness (QED) is 0.588. The molecular weight excluding hydrogens is 218 g/mol. The predicted molar refractivity (Wildman–Crippen MR) is 67.5 cm³/mol. The van der Waals surface area contributed by atoms with Gasteiger partial charge in [0.05, 0.1) is 15.8 Å². The highest BCUT2D eigenvalue weighted by molar-refractivity contribution is 5.94. The van der Waals surface area contributed by atoms with E-state index < -0.39 is 0 Å². The van der Waals surface area contributed by atoms with Gasteiger partial charge in [-0.05, 0) is 31.2 Å². The lowest BCUT2D eigenvalue weighted by atomic mass is 10.1. The van der Waals surface area contributed by atoms with Crippen molar-refractivity contribution in [1.29, 1.82) is 0 Å². The van der Waals surface area contributed by atoms with E-state index in [1.54, 1.807) is 37.2 Å². The molecule has 0 spiro atoms. The van der Waals surface area contributed by atoms with E-state index in [4.69, 9.17) is 0 Å². The molecule has 0 fully saturated rings. The highest BCUT2D eigenvalue weighted by Gasteiger charge is 2.20. The van der Waals surface area contributed by atoms with Gasteiger partial charge in [0.25, 0.3) is 0 Å². The Morgan fingerprint density at radius 1 is 1.24 bits per heavy atom. The molecule has 0 saturated heterocycles. The molecule has 88 valence electrons. The van der Waals surface area contributed by atoms with Gasteiger partial charge in [0, 0.05) is 19.8 Å². The van der Waals surface area contributed by atoms with Crippen molar-refractivity contribution >= 4 is 22.3 Å².